The van der Waals surface area contributed by atoms with Gasteiger partial charge in [-0.05, 0) is 32.1 Å². The van der Waals surface area contributed by atoms with Gasteiger partial charge < -0.3 is 9.47 Å². The molecule has 1 rings (SSSR count). The van der Waals surface area contributed by atoms with Crippen LogP contribution in [0.4, 0.5) is 0 Å². The molecule has 1 aliphatic rings. The van der Waals surface area contributed by atoms with Crippen molar-refractivity contribution in [1.82, 2.24) is 0 Å². The number of hydrogen-bond acceptors (Lipinski definition) is 4. The molecule has 0 saturated heterocycles. The van der Waals surface area contributed by atoms with E-state index in [1.54, 1.807) is 0 Å². The summed E-state index contributed by atoms with van der Waals surface area (Å²) in [4.78, 5) is 23.2. The zero-order valence-electron chi connectivity index (χ0n) is 14.8. The first-order valence-corrected chi connectivity index (χ1v) is 9.61. The van der Waals surface area contributed by atoms with Gasteiger partial charge in [-0.25, -0.2) is 9.59 Å². The van der Waals surface area contributed by atoms with Crippen LogP contribution < -0.4 is 0 Å². The number of unbranched alkanes of at least 4 members (excludes halogenated alkanes) is 8. The molecule has 0 amide bonds. The maximum Gasteiger partial charge on any atom is 0.417 e. The Labute approximate surface area is 141 Å². The Balaban J connectivity index is 1.91. The van der Waals surface area contributed by atoms with Gasteiger partial charge in [0, 0.05) is 0 Å². The maximum atomic E-state index is 11.6. The Kier molecular flexibility index (Phi) is 11.6. The summed E-state index contributed by atoms with van der Waals surface area (Å²) in [5.74, 6) is -1.64. The van der Waals surface area contributed by atoms with Gasteiger partial charge in [0.25, 0.3) is 0 Å². The minimum Gasteiger partial charge on any atom is -0.457 e. The van der Waals surface area contributed by atoms with Crippen molar-refractivity contribution >= 4 is 11.9 Å². The van der Waals surface area contributed by atoms with Crippen LogP contribution in [0.25, 0.3) is 0 Å². The van der Waals surface area contributed by atoms with Gasteiger partial charge in [0.05, 0.1) is 6.61 Å². The van der Waals surface area contributed by atoms with Crippen molar-refractivity contribution < 1.29 is 19.1 Å². The third-order valence-electron chi connectivity index (χ3n) is 4.47. The molecule has 0 unspecified atom stereocenters. The van der Waals surface area contributed by atoms with E-state index in [4.69, 9.17) is 9.47 Å². The second-order valence-electron chi connectivity index (χ2n) is 6.63. The molecule has 0 bridgehead atoms. The minimum absolute atomic E-state index is 0.0866. The van der Waals surface area contributed by atoms with E-state index < -0.39 is 11.9 Å². The van der Waals surface area contributed by atoms with Gasteiger partial charge in [-0.1, -0.05) is 64.7 Å². The van der Waals surface area contributed by atoms with E-state index in [9.17, 15) is 9.59 Å². The summed E-state index contributed by atoms with van der Waals surface area (Å²) in [6, 6.07) is 0. The van der Waals surface area contributed by atoms with E-state index in [1.807, 2.05) is 0 Å². The smallest absolute Gasteiger partial charge is 0.417 e. The molecule has 1 saturated carbocycles. The molecule has 0 aliphatic heterocycles. The van der Waals surface area contributed by atoms with Gasteiger partial charge in [0.2, 0.25) is 0 Å². The quantitative estimate of drug-likeness (QED) is 0.307. The maximum absolute atomic E-state index is 11.6. The molecule has 4 heteroatoms. The lowest BCUT2D eigenvalue weighted by Gasteiger charge is -2.21. The Hall–Kier alpha value is -1.06. The van der Waals surface area contributed by atoms with Crippen molar-refractivity contribution in [3.63, 3.8) is 0 Å². The van der Waals surface area contributed by atoms with Crippen molar-refractivity contribution in [3.05, 3.63) is 0 Å². The summed E-state index contributed by atoms with van der Waals surface area (Å²) in [5.41, 5.74) is 0. The average molecular weight is 326 g/mol. The van der Waals surface area contributed by atoms with Crippen LogP contribution in [0.2, 0.25) is 0 Å². The zero-order valence-corrected chi connectivity index (χ0v) is 14.8. The molecule has 4 nitrogen and oxygen atoms in total. The second kappa shape index (κ2) is 13.4. The van der Waals surface area contributed by atoms with Gasteiger partial charge in [-0.3, -0.25) is 0 Å². The van der Waals surface area contributed by atoms with Crippen LogP contribution in [-0.4, -0.2) is 24.6 Å². The summed E-state index contributed by atoms with van der Waals surface area (Å²) in [7, 11) is 0. The van der Waals surface area contributed by atoms with E-state index in [1.165, 1.54) is 51.4 Å². The normalized spacial score (nSPS) is 15.3. The van der Waals surface area contributed by atoms with Gasteiger partial charge in [-0.2, -0.15) is 0 Å². The van der Waals surface area contributed by atoms with E-state index >= 15 is 0 Å². The SMILES string of the molecule is CCCCCCCCCCCOC(=O)C(=O)OC1CCCCC1. The average Bonchev–Trinajstić information content (AvgIpc) is 2.57. The van der Waals surface area contributed by atoms with Crippen LogP contribution in [0.3, 0.4) is 0 Å². The fourth-order valence-electron chi connectivity index (χ4n) is 3.02. The zero-order chi connectivity index (χ0) is 16.8. The topological polar surface area (TPSA) is 52.6 Å². The number of rotatable bonds is 11. The number of esters is 2. The Morgan fingerprint density at radius 2 is 1.35 bits per heavy atom. The number of hydrogen-bond donors (Lipinski definition) is 0. The van der Waals surface area contributed by atoms with Crippen LogP contribution in [0, 0.1) is 0 Å². The summed E-state index contributed by atoms with van der Waals surface area (Å²) in [6.07, 6.45) is 15.9. The highest BCUT2D eigenvalue weighted by atomic mass is 16.6. The Bertz CT molecular complexity index is 321. The Morgan fingerprint density at radius 3 is 1.96 bits per heavy atom. The molecule has 0 spiro atoms. The van der Waals surface area contributed by atoms with Gasteiger partial charge in [0.15, 0.2) is 0 Å². The third kappa shape index (κ3) is 10.4. The largest absolute Gasteiger partial charge is 0.457 e. The summed E-state index contributed by atoms with van der Waals surface area (Å²) in [6.45, 7) is 2.56. The molecule has 0 atom stereocenters. The molecular weight excluding hydrogens is 292 g/mol. The lowest BCUT2D eigenvalue weighted by Crippen LogP contribution is -2.27. The van der Waals surface area contributed by atoms with Crippen molar-refractivity contribution in [1.29, 1.82) is 0 Å². The second-order valence-corrected chi connectivity index (χ2v) is 6.63. The first-order chi connectivity index (χ1) is 11.2. The molecule has 23 heavy (non-hydrogen) atoms. The lowest BCUT2D eigenvalue weighted by atomic mass is 9.98. The van der Waals surface area contributed by atoms with Crippen molar-refractivity contribution in [2.24, 2.45) is 0 Å². The molecule has 0 heterocycles. The molecule has 0 N–H and O–H groups in total. The van der Waals surface area contributed by atoms with Crippen LogP contribution >= 0.6 is 0 Å². The van der Waals surface area contributed by atoms with Crippen molar-refractivity contribution in [2.75, 3.05) is 6.61 Å². The molecule has 0 aromatic heterocycles. The molecule has 0 radical (unpaired) electrons. The molecule has 0 aromatic carbocycles. The van der Waals surface area contributed by atoms with Crippen LogP contribution in [-0.2, 0) is 19.1 Å². The van der Waals surface area contributed by atoms with Gasteiger partial charge in [-0.15, -0.1) is 0 Å². The molecule has 134 valence electrons. The van der Waals surface area contributed by atoms with Gasteiger partial charge in [0.1, 0.15) is 6.10 Å². The predicted octanol–water partition coefficient (Wildman–Crippen LogP) is 4.94. The highest BCUT2D eigenvalue weighted by molar-refractivity contribution is 6.29. The standard InChI is InChI=1S/C19H34O4/c1-2-3-4-5-6-7-8-9-13-16-22-18(20)19(21)23-17-14-11-10-12-15-17/h17H,2-16H2,1H3. The number of carbonyl (C=O) groups excluding carboxylic acids is 2. The summed E-state index contributed by atoms with van der Waals surface area (Å²) >= 11 is 0. The highest BCUT2D eigenvalue weighted by Crippen LogP contribution is 2.20. The highest BCUT2D eigenvalue weighted by Gasteiger charge is 2.23. The Morgan fingerprint density at radius 1 is 0.783 bits per heavy atom. The third-order valence-corrected chi connectivity index (χ3v) is 4.47. The summed E-state index contributed by atoms with van der Waals surface area (Å²) < 4.78 is 10.2. The number of carbonyl (C=O) groups is 2. The van der Waals surface area contributed by atoms with Crippen LogP contribution in [0.1, 0.15) is 96.8 Å². The van der Waals surface area contributed by atoms with Crippen molar-refractivity contribution in [3.8, 4) is 0 Å². The first kappa shape index (κ1) is 20.0. The molecule has 1 fully saturated rings. The number of ether oxygens (including phenoxy) is 2. The predicted molar refractivity (Wildman–Crippen MR) is 91.2 cm³/mol. The summed E-state index contributed by atoms with van der Waals surface area (Å²) in [5, 5.41) is 0. The van der Waals surface area contributed by atoms with E-state index in [0.29, 0.717) is 6.61 Å². The fraction of sp³-hybridized carbons (Fsp3) is 0.895. The van der Waals surface area contributed by atoms with E-state index in [2.05, 4.69) is 6.92 Å². The van der Waals surface area contributed by atoms with E-state index in [0.717, 1.165) is 38.5 Å². The van der Waals surface area contributed by atoms with Crippen LogP contribution in [0.5, 0.6) is 0 Å². The fourth-order valence-corrected chi connectivity index (χ4v) is 3.02. The molecular formula is C19H34O4. The first-order valence-electron chi connectivity index (χ1n) is 9.61. The van der Waals surface area contributed by atoms with Gasteiger partial charge >= 0.3 is 11.9 Å². The molecule has 0 aromatic rings. The monoisotopic (exact) mass is 326 g/mol. The van der Waals surface area contributed by atoms with Crippen LogP contribution in [0.15, 0.2) is 0 Å². The molecule has 1 aliphatic carbocycles. The van der Waals surface area contributed by atoms with Crippen molar-refractivity contribution in [2.45, 2.75) is 103 Å². The minimum atomic E-state index is -0.824. The van der Waals surface area contributed by atoms with E-state index in [-0.39, 0.29) is 6.10 Å². The lowest BCUT2D eigenvalue weighted by molar-refractivity contribution is -0.171.